The molecule has 0 saturated carbocycles. The molecule has 0 spiro atoms. The summed E-state index contributed by atoms with van der Waals surface area (Å²) >= 11 is 0. The molecule has 15 heavy (non-hydrogen) atoms. The van der Waals surface area contributed by atoms with Crippen LogP contribution in [-0.4, -0.2) is 13.2 Å². The van der Waals surface area contributed by atoms with Gasteiger partial charge in [0.05, 0.1) is 12.4 Å². The minimum atomic E-state index is 0.262. The van der Waals surface area contributed by atoms with Crippen molar-refractivity contribution in [3.8, 4) is 0 Å². The van der Waals surface area contributed by atoms with Gasteiger partial charge in [-0.1, -0.05) is 13.8 Å². The molecule has 3 nitrogen and oxygen atoms in total. The molecule has 86 valence electrons. The summed E-state index contributed by atoms with van der Waals surface area (Å²) in [5, 5.41) is 3.11. The van der Waals surface area contributed by atoms with Gasteiger partial charge in [-0.15, -0.1) is 0 Å². The summed E-state index contributed by atoms with van der Waals surface area (Å²) in [7, 11) is 1.92. The van der Waals surface area contributed by atoms with Gasteiger partial charge in [-0.2, -0.15) is 0 Å². The minimum Gasteiger partial charge on any atom is -0.467 e. The molecule has 1 N–H and O–H groups in total. The van der Waals surface area contributed by atoms with E-state index in [1.165, 1.54) is 5.56 Å². The van der Waals surface area contributed by atoms with E-state index in [-0.39, 0.29) is 6.10 Å². The fourth-order valence-corrected chi connectivity index (χ4v) is 1.24. The maximum atomic E-state index is 5.71. The third-order valence-corrected chi connectivity index (χ3v) is 2.62. The number of hydrogen-bond acceptors (Lipinski definition) is 3. The summed E-state index contributed by atoms with van der Waals surface area (Å²) in [6, 6.07) is 1.98. The van der Waals surface area contributed by atoms with E-state index >= 15 is 0 Å². The molecule has 0 saturated heterocycles. The van der Waals surface area contributed by atoms with Crippen molar-refractivity contribution in [2.45, 2.75) is 40.0 Å². The molecule has 0 aliphatic carbocycles. The van der Waals surface area contributed by atoms with Crippen LogP contribution in [0.3, 0.4) is 0 Å². The van der Waals surface area contributed by atoms with Crippen LogP contribution >= 0.6 is 0 Å². The number of rotatable bonds is 6. The van der Waals surface area contributed by atoms with Crippen molar-refractivity contribution in [1.29, 1.82) is 0 Å². The van der Waals surface area contributed by atoms with Crippen LogP contribution in [0, 0.1) is 5.92 Å². The van der Waals surface area contributed by atoms with E-state index < -0.39 is 0 Å². The van der Waals surface area contributed by atoms with Crippen LogP contribution in [0.4, 0.5) is 0 Å². The summed E-state index contributed by atoms with van der Waals surface area (Å²) in [5.41, 5.74) is 1.17. The highest BCUT2D eigenvalue weighted by Crippen LogP contribution is 2.14. The number of hydrogen-bond donors (Lipinski definition) is 1. The Labute approximate surface area is 91.8 Å². The van der Waals surface area contributed by atoms with Gasteiger partial charge in [0.1, 0.15) is 12.4 Å². The molecule has 0 radical (unpaired) electrons. The Morgan fingerprint density at radius 1 is 1.40 bits per heavy atom. The molecule has 1 atom stereocenters. The second-order valence-electron chi connectivity index (χ2n) is 4.16. The van der Waals surface area contributed by atoms with E-state index in [4.69, 9.17) is 9.15 Å². The number of ether oxygens (including phenoxy) is 1. The van der Waals surface area contributed by atoms with E-state index in [0.717, 1.165) is 12.3 Å². The zero-order valence-electron chi connectivity index (χ0n) is 10.0. The normalized spacial score (nSPS) is 13.4. The van der Waals surface area contributed by atoms with E-state index in [9.17, 15) is 0 Å². The molecule has 0 fully saturated rings. The lowest BCUT2D eigenvalue weighted by Gasteiger charge is -2.16. The first-order chi connectivity index (χ1) is 7.15. The first-order valence-corrected chi connectivity index (χ1v) is 5.46. The summed E-state index contributed by atoms with van der Waals surface area (Å²) in [6.45, 7) is 7.78. The molecule has 0 aliphatic rings. The van der Waals surface area contributed by atoms with Crippen LogP contribution in [0.25, 0.3) is 0 Å². The molecule has 1 aromatic rings. The maximum absolute atomic E-state index is 5.71. The Morgan fingerprint density at radius 3 is 2.73 bits per heavy atom. The van der Waals surface area contributed by atoms with Gasteiger partial charge in [-0.25, -0.2) is 0 Å². The minimum absolute atomic E-state index is 0.262. The fourth-order valence-electron chi connectivity index (χ4n) is 1.24. The molecule has 0 amide bonds. The lowest BCUT2D eigenvalue weighted by atomic mass is 10.1. The quantitative estimate of drug-likeness (QED) is 0.785. The van der Waals surface area contributed by atoms with E-state index in [1.54, 1.807) is 6.26 Å². The van der Waals surface area contributed by atoms with E-state index in [2.05, 4.69) is 26.1 Å². The van der Waals surface area contributed by atoms with Crippen LogP contribution in [0.2, 0.25) is 0 Å². The Morgan fingerprint density at radius 2 is 2.13 bits per heavy atom. The highest BCUT2D eigenvalue weighted by atomic mass is 16.5. The second-order valence-corrected chi connectivity index (χ2v) is 4.16. The molecule has 1 heterocycles. The van der Waals surface area contributed by atoms with Crippen LogP contribution in [0.15, 0.2) is 16.7 Å². The van der Waals surface area contributed by atoms with Crippen molar-refractivity contribution in [3.63, 3.8) is 0 Å². The standard InChI is InChI=1S/C12H21NO2/c1-9(2)10(3)15-8-12-11(7-13-4)5-6-14-12/h5-6,9-10,13H,7-8H2,1-4H3. The Hall–Kier alpha value is -0.800. The zero-order valence-corrected chi connectivity index (χ0v) is 10.0. The lowest BCUT2D eigenvalue weighted by Crippen LogP contribution is -2.15. The number of nitrogens with one attached hydrogen (secondary N) is 1. The van der Waals surface area contributed by atoms with Crippen molar-refractivity contribution >= 4 is 0 Å². The van der Waals surface area contributed by atoms with Crippen LogP contribution < -0.4 is 5.32 Å². The van der Waals surface area contributed by atoms with Gasteiger partial charge in [0.25, 0.3) is 0 Å². The average Bonchev–Trinajstić information content (AvgIpc) is 2.62. The van der Waals surface area contributed by atoms with Crippen molar-refractivity contribution in [3.05, 3.63) is 23.7 Å². The lowest BCUT2D eigenvalue weighted by molar-refractivity contribution is 0.0145. The molecule has 3 heteroatoms. The van der Waals surface area contributed by atoms with Gasteiger partial charge in [0, 0.05) is 12.1 Å². The van der Waals surface area contributed by atoms with Gasteiger partial charge < -0.3 is 14.5 Å². The molecule has 0 bridgehead atoms. The topological polar surface area (TPSA) is 34.4 Å². The van der Waals surface area contributed by atoms with Gasteiger partial charge in [0.15, 0.2) is 0 Å². The average molecular weight is 211 g/mol. The summed E-state index contributed by atoms with van der Waals surface area (Å²) < 4.78 is 11.1. The van der Waals surface area contributed by atoms with Crippen LogP contribution in [-0.2, 0) is 17.9 Å². The van der Waals surface area contributed by atoms with Gasteiger partial charge in [-0.05, 0) is 26.0 Å². The predicted molar refractivity (Wildman–Crippen MR) is 60.6 cm³/mol. The first-order valence-electron chi connectivity index (χ1n) is 5.46. The van der Waals surface area contributed by atoms with Crippen molar-refractivity contribution < 1.29 is 9.15 Å². The number of furan rings is 1. The van der Waals surface area contributed by atoms with Gasteiger partial charge in [-0.3, -0.25) is 0 Å². The molecule has 0 aliphatic heterocycles. The van der Waals surface area contributed by atoms with Crippen molar-refractivity contribution in [2.75, 3.05) is 7.05 Å². The van der Waals surface area contributed by atoms with Crippen molar-refractivity contribution in [1.82, 2.24) is 5.32 Å². The molecule has 1 unspecified atom stereocenters. The summed E-state index contributed by atoms with van der Waals surface area (Å²) in [4.78, 5) is 0. The monoisotopic (exact) mass is 211 g/mol. The molecule has 0 aromatic carbocycles. The van der Waals surface area contributed by atoms with Crippen molar-refractivity contribution in [2.24, 2.45) is 5.92 Å². The maximum Gasteiger partial charge on any atom is 0.133 e. The second kappa shape index (κ2) is 5.93. The zero-order chi connectivity index (χ0) is 11.3. The van der Waals surface area contributed by atoms with Gasteiger partial charge >= 0.3 is 0 Å². The molecular formula is C12H21NO2. The summed E-state index contributed by atoms with van der Waals surface area (Å²) in [5.74, 6) is 1.46. The highest BCUT2D eigenvalue weighted by Gasteiger charge is 2.10. The molecular weight excluding hydrogens is 190 g/mol. The van der Waals surface area contributed by atoms with Crippen LogP contribution in [0.5, 0.6) is 0 Å². The van der Waals surface area contributed by atoms with E-state index in [0.29, 0.717) is 12.5 Å². The largest absolute Gasteiger partial charge is 0.467 e. The molecule has 1 rings (SSSR count). The first kappa shape index (κ1) is 12.3. The third-order valence-electron chi connectivity index (χ3n) is 2.62. The SMILES string of the molecule is CNCc1ccoc1COC(C)C(C)C. The van der Waals surface area contributed by atoms with E-state index in [1.807, 2.05) is 13.1 Å². The fraction of sp³-hybridized carbons (Fsp3) is 0.667. The Bertz CT molecular complexity index is 281. The summed E-state index contributed by atoms with van der Waals surface area (Å²) in [6.07, 6.45) is 1.98. The molecule has 1 aromatic heterocycles. The third kappa shape index (κ3) is 3.68. The smallest absolute Gasteiger partial charge is 0.133 e. The Kier molecular flexibility index (Phi) is 4.85. The predicted octanol–water partition coefficient (Wildman–Crippen LogP) is 2.56. The Balaban J connectivity index is 2.46. The highest BCUT2D eigenvalue weighted by molar-refractivity contribution is 5.15. The van der Waals surface area contributed by atoms with Crippen LogP contribution in [0.1, 0.15) is 32.1 Å². The van der Waals surface area contributed by atoms with Gasteiger partial charge in [0.2, 0.25) is 0 Å².